The minimum atomic E-state index is 0.307. The molecule has 1 aromatic heterocycles. The molecule has 3 aromatic rings. The fraction of sp³-hybridized carbons (Fsp3) is 0.133. The van der Waals surface area contributed by atoms with Crippen LogP contribution in [0, 0.1) is 0 Å². The Morgan fingerprint density at radius 2 is 2.05 bits per heavy atom. The molecule has 0 saturated carbocycles. The summed E-state index contributed by atoms with van der Waals surface area (Å²) in [5.74, 6) is 1.82. The summed E-state index contributed by atoms with van der Waals surface area (Å²) in [6.45, 7) is 0. The number of hydrogen-bond acceptors (Lipinski definition) is 2. The monoisotopic (exact) mass is 384 g/mol. The number of ether oxygens (including phenoxy) is 1. The molecule has 0 radical (unpaired) electrons. The first-order valence-electron chi connectivity index (χ1n) is 6.20. The summed E-state index contributed by atoms with van der Waals surface area (Å²) in [6, 6.07) is 11.4. The first kappa shape index (κ1) is 14.7. The van der Waals surface area contributed by atoms with E-state index >= 15 is 0 Å². The van der Waals surface area contributed by atoms with Gasteiger partial charge in [0.2, 0.25) is 0 Å². The highest BCUT2D eigenvalue weighted by molar-refractivity contribution is 9.10. The molecule has 0 N–H and O–H groups in total. The van der Waals surface area contributed by atoms with Gasteiger partial charge >= 0.3 is 0 Å². The molecule has 0 spiro atoms. The SMILES string of the molecule is COc1cc(Br)cc(-n2c(CCl)nc3ccc(Cl)cc32)c1. The van der Waals surface area contributed by atoms with Crippen LogP contribution in [0.5, 0.6) is 5.75 Å². The quantitative estimate of drug-likeness (QED) is 0.580. The molecule has 0 aliphatic heterocycles. The van der Waals surface area contributed by atoms with Crippen molar-refractivity contribution in [2.75, 3.05) is 7.11 Å². The van der Waals surface area contributed by atoms with E-state index in [2.05, 4.69) is 20.9 Å². The lowest BCUT2D eigenvalue weighted by Crippen LogP contribution is -2.00. The number of rotatable bonds is 3. The third-order valence-electron chi connectivity index (χ3n) is 3.16. The largest absolute Gasteiger partial charge is 0.497 e. The molecule has 2 aromatic carbocycles. The number of aromatic nitrogens is 2. The Kier molecular flexibility index (Phi) is 4.11. The van der Waals surface area contributed by atoms with Crippen molar-refractivity contribution in [3.05, 3.63) is 51.7 Å². The molecule has 0 aliphatic rings. The molecule has 0 unspecified atom stereocenters. The zero-order valence-corrected chi connectivity index (χ0v) is 14.2. The lowest BCUT2D eigenvalue weighted by Gasteiger charge is -2.10. The maximum atomic E-state index is 6.11. The predicted octanol–water partition coefficient (Wildman–Crippen LogP) is 5.19. The third kappa shape index (κ3) is 2.76. The van der Waals surface area contributed by atoms with Crippen molar-refractivity contribution < 1.29 is 4.74 Å². The average molecular weight is 386 g/mol. The number of fused-ring (bicyclic) bond motifs is 1. The van der Waals surface area contributed by atoms with Gasteiger partial charge in [0.15, 0.2) is 0 Å². The van der Waals surface area contributed by atoms with E-state index in [9.17, 15) is 0 Å². The van der Waals surface area contributed by atoms with E-state index in [1.165, 1.54) is 0 Å². The summed E-state index contributed by atoms with van der Waals surface area (Å²) >= 11 is 15.7. The predicted molar refractivity (Wildman–Crippen MR) is 89.9 cm³/mol. The van der Waals surface area contributed by atoms with Gasteiger partial charge in [-0.1, -0.05) is 27.5 Å². The third-order valence-corrected chi connectivity index (χ3v) is 4.09. The molecule has 0 aliphatic carbocycles. The Labute approximate surface area is 140 Å². The molecule has 0 amide bonds. The fourth-order valence-electron chi connectivity index (χ4n) is 2.27. The van der Waals surface area contributed by atoms with Crippen molar-refractivity contribution >= 4 is 50.2 Å². The van der Waals surface area contributed by atoms with Gasteiger partial charge < -0.3 is 4.74 Å². The summed E-state index contributed by atoms with van der Waals surface area (Å²) in [4.78, 5) is 4.55. The molecule has 3 rings (SSSR count). The van der Waals surface area contributed by atoms with Gasteiger partial charge in [-0.05, 0) is 30.3 Å². The number of halogens is 3. The molecule has 1 heterocycles. The number of nitrogens with zero attached hydrogens (tertiary/aromatic N) is 2. The highest BCUT2D eigenvalue weighted by atomic mass is 79.9. The van der Waals surface area contributed by atoms with Crippen molar-refractivity contribution in [1.82, 2.24) is 9.55 Å². The van der Waals surface area contributed by atoms with E-state index in [1.807, 2.05) is 41.0 Å². The number of benzene rings is 2. The second kappa shape index (κ2) is 5.87. The number of alkyl halides is 1. The zero-order chi connectivity index (χ0) is 15.0. The Balaban J connectivity index is 2.32. The van der Waals surface area contributed by atoms with Crippen LogP contribution in [0.2, 0.25) is 5.02 Å². The molecular weight excluding hydrogens is 375 g/mol. The van der Waals surface area contributed by atoms with Gasteiger partial charge in [0.05, 0.1) is 29.7 Å². The van der Waals surface area contributed by atoms with Crippen LogP contribution < -0.4 is 4.74 Å². The Bertz CT molecular complexity index is 817. The number of methoxy groups -OCH3 is 1. The van der Waals surface area contributed by atoms with Gasteiger partial charge in [0.1, 0.15) is 11.6 Å². The summed E-state index contributed by atoms with van der Waals surface area (Å²) < 4.78 is 8.23. The molecule has 6 heteroatoms. The summed E-state index contributed by atoms with van der Waals surface area (Å²) in [5, 5.41) is 0.659. The Morgan fingerprint density at radius 1 is 1.24 bits per heavy atom. The highest BCUT2D eigenvalue weighted by Crippen LogP contribution is 2.29. The van der Waals surface area contributed by atoms with Crippen molar-refractivity contribution in [2.45, 2.75) is 5.88 Å². The topological polar surface area (TPSA) is 27.1 Å². The van der Waals surface area contributed by atoms with Crippen molar-refractivity contribution in [3.63, 3.8) is 0 Å². The van der Waals surface area contributed by atoms with Crippen molar-refractivity contribution in [3.8, 4) is 11.4 Å². The van der Waals surface area contributed by atoms with Crippen LogP contribution in [0.25, 0.3) is 16.7 Å². The van der Waals surface area contributed by atoms with E-state index in [4.69, 9.17) is 27.9 Å². The molecular formula is C15H11BrCl2N2O. The van der Waals surface area contributed by atoms with Gasteiger partial charge in [-0.25, -0.2) is 4.98 Å². The van der Waals surface area contributed by atoms with Crippen LogP contribution in [0.4, 0.5) is 0 Å². The van der Waals surface area contributed by atoms with Gasteiger partial charge in [-0.3, -0.25) is 4.57 Å². The first-order chi connectivity index (χ1) is 10.1. The Hall–Kier alpha value is -1.23. The van der Waals surface area contributed by atoms with Crippen LogP contribution in [-0.2, 0) is 5.88 Å². The highest BCUT2D eigenvalue weighted by Gasteiger charge is 2.13. The van der Waals surface area contributed by atoms with E-state index in [1.54, 1.807) is 7.11 Å². The van der Waals surface area contributed by atoms with Gasteiger partial charge in [-0.15, -0.1) is 11.6 Å². The lowest BCUT2D eigenvalue weighted by atomic mass is 10.2. The van der Waals surface area contributed by atoms with Crippen LogP contribution in [0.3, 0.4) is 0 Å². The normalized spacial score (nSPS) is 11.0. The number of hydrogen-bond donors (Lipinski definition) is 0. The molecule has 0 saturated heterocycles. The van der Waals surface area contributed by atoms with E-state index in [-0.39, 0.29) is 0 Å². The van der Waals surface area contributed by atoms with Crippen LogP contribution >= 0.6 is 39.1 Å². The molecule has 3 nitrogen and oxygen atoms in total. The smallest absolute Gasteiger partial charge is 0.129 e. The van der Waals surface area contributed by atoms with Crippen molar-refractivity contribution in [1.29, 1.82) is 0 Å². The molecule has 21 heavy (non-hydrogen) atoms. The zero-order valence-electron chi connectivity index (χ0n) is 11.1. The summed E-state index contributed by atoms with van der Waals surface area (Å²) in [7, 11) is 1.64. The first-order valence-corrected chi connectivity index (χ1v) is 7.90. The minimum absolute atomic E-state index is 0.307. The standard InChI is InChI=1S/C15H11BrCl2N2O/c1-21-12-5-9(16)4-11(7-12)20-14-6-10(18)2-3-13(14)19-15(20)8-17/h2-7H,8H2,1H3. The molecule has 0 fully saturated rings. The average Bonchev–Trinajstić information content (AvgIpc) is 2.84. The van der Waals surface area contributed by atoms with Crippen LogP contribution in [0.1, 0.15) is 5.82 Å². The number of imidazole rings is 1. The molecule has 108 valence electrons. The van der Waals surface area contributed by atoms with Gasteiger partial charge in [0.25, 0.3) is 0 Å². The second-order valence-electron chi connectivity index (χ2n) is 4.48. The maximum Gasteiger partial charge on any atom is 0.129 e. The van der Waals surface area contributed by atoms with E-state index in [0.29, 0.717) is 10.9 Å². The Morgan fingerprint density at radius 3 is 2.76 bits per heavy atom. The second-order valence-corrected chi connectivity index (χ2v) is 6.10. The van der Waals surface area contributed by atoms with Gasteiger partial charge in [-0.2, -0.15) is 0 Å². The summed E-state index contributed by atoms with van der Waals surface area (Å²) in [5.41, 5.74) is 2.69. The lowest BCUT2D eigenvalue weighted by molar-refractivity contribution is 0.414. The minimum Gasteiger partial charge on any atom is -0.497 e. The maximum absolute atomic E-state index is 6.11. The van der Waals surface area contributed by atoms with Crippen LogP contribution in [-0.4, -0.2) is 16.7 Å². The van der Waals surface area contributed by atoms with Crippen molar-refractivity contribution in [2.24, 2.45) is 0 Å². The summed E-state index contributed by atoms with van der Waals surface area (Å²) in [6.07, 6.45) is 0. The van der Waals surface area contributed by atoms with E-state index < -0.39 is 0 Å². The molecule has 0 atom stereocenters. The molecule has 0 bridgehead atoms. The fourth-order valence-corrected chi connectivity index (χ4v) is 3.08. The van der Waals surface area contributed by atoms with E-state index in [0.717, 1.165) is 32.8 Å². The van der Waals surface area contributed by atoms with Gasteiger partial charge in [0, 0.05) is 15.6 Å². The van der Waals surface area contributed by atoms with Crippen LogP contribution in [0.15, 0.2) is 40.9 Å².